The van der Waals surface area contributed by atoms with E-state index in [0.29, 0.717) is 31.9 Å². The minimum atomic E-state index is -0.455. The summed E-state index contributed by atoms with van der Waals surface area (Å²) < 4.78 is 19.3. The predicted octanol–water partition coefficient (Wildman–Crippen LogP) is 3.94. The molecule has 0 saturated carbocycles. The lowest BCUT2D eigenvalue weighted by molar-refractivity contribution is -0.00172. The quantitative estimate of drug-likeness (QED) is 0.554. The SMILES string of the molecule is COCCOc1ccc(C(=O)N2CCC3(CC2)Oc2ccccc2-c2c3cnn2C)cc1C. The van der Waals surface area contributed by atoms with Crippen molar-refractivity contribution in [1.82, 2.24) is 14.7 Å². The van der Waals surface area contributed by atoms with Gasteiger partial charge >= 0.3 is 0 Å². The van der Waals surface area contributed by atoms with Crippen molar-refractivity contribution in [2.24, 2.45) is 7.05 Å². The Bertz CT molecular complexity index is 1180. The summed E-state index contributed by atoms with van der Waals surface area (Å²) in [5, 5.41) is 4.53. The highest BCUT2D eigenvalue weighted by Crippen LogP contribution is 2.49. The third-order valence-corrected chi connectivity index (χ3v) is 6.70. The Morgan fingerprint density at radius 2 is 1.94 bits per heavy atom. The lowest BCUT2D eigenvalue weighted by Gasteiger charge is -2.44. The van der Waals surface area contributed by atoms with Crippen LogP contribution in [0.4, 0.5) is 0 Å². The second-order valence-corrected chi connectivity index (χ2v) is 8.74. The number of carbonyl (C=O) groups is 1. The van der Waals surface area contributed by atoms with E-state index >= 15 is 0 Å². The van der Waals surface area contributed by atoms with Crippen molar-refractivity contribution in [3.63, 3.8) is 0 Å². The number of methoxy groups -OCH3 is 1. The number of hydrogen-bond donors (Lipinski definition) is 0. The van der Waals surface area contributed by atoms with Crippen molar-refractivity contribution in [3.05, 3.63) is 65.4 Å². The molecular weight excluding hydrogens is 418 g/mol. The molecule has 0 aliphatic carbocycles. The number of nitrogens with zero attached hydrogens (tertiary/aromatic N) is 3. The first-order valence-corrected chi connectivity index (χ1v) is 11.3. The highest BCUT2D eigenvalue weighted by Gasteiger charge is 2.45. The highest BCUT2D eigenvalue weighted by molar-refractivity contribution is 5.94. The van der Waals surface area contributed by atoms with E-state index in [9.17, 15) is 4.79 Å². The van der Waals surface area contributed by atoms with Crippen molar-refractivity contribution in [3.8, 4) is 22.8 Å². The molecule has 33 heavy (non-hydrogen) atoms. The summed E-state index contributed by atoms with van der Waals surface area (Å²) in [6.45, 7) is 4.22. The molecular formula is C26H29N3O4. The number of benzene rings is 2. The van der Waals surface area contributed by atoms with Crippen LogP contribution in [0.15, 0.2) is 48.7 Å². The Morgan fingerprint density at radius 1 is 1.15 bits per heavy atom. The second-order valence-electron chi connectivity index (χ2n) is 8.74. The van der Waals surface area contributed by atoms with E-state index < -0.39 is 5.60 Å². The third kappa shape index (κ3) is 3.76. The van der Waals surface area contributed by atoms with Crippen LogP contribution < -0.4 is 9.47 Å². The fraction of sp³-hybridized carbons (Fsp3) is 0.385. The van der Waals surface area contributed by atoms with Crippen molar-refractivity contribution in [2.75, 3.05) is 33.4 Å². The molecule has 5 rings (SSSR count). The monoisotopic (exact) mass is 447 g/mol. The van der Waals surface area contributed by atoms with E-state index in [0.717, 1.165) is 46.7 Å². The van der Waals surface area contributed by atoms with Gasteiger partial charge in [-0.1, -0.05) is 12.1 Å². The Kier molecular flexibility index (Phi) is 5.58. The maximum absolute atomic E-state index is 13.3. The zero-order valence-electron chi connectivity index (χ0n) is 19.3. The second kappa shape index (κ2) is 8.56. The van der Waals surface area contributed by atoms with Crippen LogP contribution in [-0.4, -0.2) is 54.0 Å². The molecule has 1 fully saturated rings. The molecule has 7 nitrogen and oxygen atoms in total. The van der Waals surface area contributed by atoms with Gasteiger partial charge in [-0.2, -0.15) is 5.10 Å². The fourth-order valence-corrected chi connectivity index (χ4v) is 4.91. The average Bonchev–Trinajstić information content (AvgIpc) is 3.23. The van der Waals surface area contributed by atoms with Crippen LogP contribution in [0.5, 0.6) is 11.5 Å². The van der Waals surface area contributed by atoms with Crippen LogP contribution in [0.3, 0.4) is 0 Å². The highest BCUT2D eigenvalue weighted by atomic mass is 16.5. The van der Waals surface area contributed by atoms with Gasteiger partial charge in [-0.15, -0.1) is 0 Å². The number of ether oxygens (including phenoxy) is 3. The van der Waals surface area contributed by atoms with Crippen LogP contribution in [0.1, 0.15) is 34.3 Å². The van der Waals surface area contributed by atoms with E-state index in [1.54, 1.807) is 7.11 Å². The number of rotatable bonds is 5. The minimum absolute atomic E-state index is 0.0408. The average molecular weight is 448 g/mol. The standard InChI is InChI=1S/C26H29N3O4/c1-18-16-19(8-9-22(18)32-15-14-31-3)25(30)29-12-10-26(11-13-29)21-17-27-28(2)24(21)20-6-4-5-7-23(20)33-26/h4-9,16-17H,10-15H2,1-3H3. The van der Waals surface area contributed by atoms with E-state index in [4.69, 9.17) is 14.2 Å². The summed E-state index contributed by atoms with van der Waals surface area (Å²) >= 11 is 0. The van der Waals surface area contributed by atoms with E-state index in [2.05, 4.69) is 11.2 Å². The normalized spacial score (nSPS) is 16.2. The molecule has 3 aromatic rings. The van der Waals surface area contributed by atoms with Gasteiger partial charge in [0.05, 0.1) is 18.5 Å². The number of amides is 1. The summed E-state index contributed by atoms with van der Waals surface area (Å²) in [5.41, 5.74) is 4.46. The molecule has 0 radical (unpaired) electrons. The predicted molar refractivity (Wildman–Crippen MR) is 125 cm³/mol. The molecule has 2 aliphatic rings. The number of likely N-dealkylation sites (tertiary alicyclic amines) is 1. The number of carbonyl (C=O) groups excluding carboxylic acids is 1. The van der Waals surface area contributed by atoms with Gasteiger partial charge in [0.1, 0.15) is 23.7 Å². The van der Waals surface area contributed by atoms with Crippen LogP contribution in [0, 0.1) is 6.92 Å². The van der Waals surface area contributed by atoms with Crippen LogP contribution in [0.2, 0.25) is 0 Å². The maximum Gasteiger partial charge on any atom is 0.253 e. The largest absolute Gasteiger partial charge is 0.491 e. The molecule has 1 aromatic heterocycles. The first-order valence-electron chi connectivity index (χ1n) is 11.3. The number of aryl methyl sites for hydroxylation is 2. The number of piperidine rings is 1. The maximum atomic E-state index is 13.3. The van der Waals surface area contributed by atoms with Gasteiger partial charge in [-0.05, 0) is 42.8 Å². The van der Waals surface area contributed by atoms with E-state index in [1.807, 2.05) is 66.1 Å². The topological polar surface area (TPSA) is 65.8 Å². The summed E-state index contributed by atoms with van der Waals surface area (Å²) in [6.07, 6.45) is 3.38. The number of aromatic nitrogens is 2. The van der Waals surface area contributed by atoms with Crippen molar-refractivity contribution in [2.45, 2.75) is 25.4 Å². The molecule has 2 aromatic carbocycles. The minimum Gasteiger partial charge on any atom is -0.491 e. The van der Waals surface area contributed by atoms with Gasteiger partial charge in [0, 0.05) is 56.8 Å². The first kappa shape index (κ1) is 21.5. The van der Waals surface area contributed by atoms with Crippen LogP contribution in [0.25, 0.3) is 11.3 Å². The molecule has 1 saturated heterocycles. The summed E-state index contributed by atoms with van der Waals surface area (Å²) in [7, 11) is 3.62. The zero-order valence-corrected chi connectivity index (χ0v) is 19.3. The van der Waals surface area contributed by atoms with Crippen LogP contribution in [-0.2, 0) is 17.4 Å². The van der Waals surface area contributed by atoms with Crippen molar-refractivity contribution >= 4 is 5.91 Å². The molecule has 0 unspecified atom stereocenters. The first-order chi connectivity index (χ1) is 16.0. The molecule has 1 spiro atoms. The van der Waals surface area contributed by atoms with E-state index in [1.165, 1.54) is 0 Å². The Hall–Kier alpha value is -3.32. The van der Waals surface area contributed by atoms with Gasteiger partial charge < -0.3 is 19.1 Å². The molecule has 0 atom stereocenters. The van der Waals surface area contributed by atoms with Gasteiger partial charge in [-0.3, -0.25) is 9.48 Å². The molecule has 172 valence electrons. The fourth-order valence-electron chi connectivity index (χ4n) is 4.91. The van der Waals surface area contributed by atoms with Crippen LogP contribution >= 0.6 is 0 Å². The van der Waals surface area contributed by atoms with E-state index in [-0.39, 0.29) is 5.91 Å². The summed E-state index contributed by atoms with van der Waals surface area (Å²) in [6, 6.07) is 13.7. The molecule has 0 N–H and O–H groups in total. The number of fused-ring (bicyclic) bond motifs is 4. The smallest absolute Gasteiger partial charge is 0.253 e. The van der Waals surface area contributed by atoms with Gasteiger partial charge in [0.2, 0.25) is 0 Å². The molecule has 2 aliphatic heterocycles. The Morgan fingerprint density at radius 3 is 2.70 bits per heavy atom. The molecule has 1 amide bonds. The zero-order chi connectivity index (χ0) is 23.0. The van der Waals surface area contributed by atoms with Gasteiger partial charge in [0.15, 0.2) is 0 Å². The Labute approximate surface area is 193 Å². The third-order valence-electron chi connectivity index (χ3n) is 6.70. The summed E-state index contributed by atoms with van der Waals surface area (Å²) in [5.74, 6) is 1.70. The molecule has 0 bridgehead atoms. The molecule has 7 heteroatoms. The number of hydrogen-bond acceptors (Lipinski definition) is 5. The lowest BCUT2D eigenvalue weighted by Crippen LogP contribution is -2.49. The number of para-hydroxylation sites is 1. The molecule has 3 heterocycles. The van der Waals surface area contributed by atoms with Gasteiger partial charge in [-0.25, -0.2) is 0 Å². The Balaban J connectivity index is 1.32. The summed E-state index contributed by atoms with van der Waals surface area (Å²) in [4.78, 5) is 15.2. The lowest BCUT2D eigenvalue weighted by atomic mass is 9.81. The van der Waals surface area contributed by atoms with Gasteiger partial charge in [0.25, 0.3) is 5.91 Å². The van der Waals surface area contributed by atoms with Crippen molar-refractivity contribution in [1.29, 1.82) is 0 Å². The van der Waals surface area contributed by atoms with Crippen molar-refractivity contribution < 1.29 is 19.0 Å².